The lowest BCUT2D eigenvalue weighted by molar-refractivity contribution is -0.139. The van der Waals surface area contributed by atoms with Gasteiger partial charge < -0.3 is 15.4 Å². The van der Waals surface area contributed by atoms with Gasteiger partial charge in [-0.05, 0) is 27.3 Å². The maximum atomic E-state index is 12.1. The highest BCUT2D eigenvalue weighted by Gasteiger charge is 2.30. The highest BCUT2D eigenvalue weighted by atomic mass is 16.5. The second-order valence-corrected chi connectivity index (χ2v) is 5.19. The summed E-state index contributed by atoms with van der Waals surface area (Å²) in [5.41, 5.74) is 2.12. The minimum absolute atomic E-state index is 0.295. The van der Waals surface area contributed by atoms with E-state index >= 15 is 0 Å². The maximum absolute atomic E-state index is 12.1. The van der Waals surface area contributed by atoms with Crippen LogP contribution in [0.15, 0.2) is 23.4 Å². The van der Waals surface area contributed by atoms with E-state index in [1.165, 1.54) is 0 Å². The summed E-state index contributed by atoms with van der Waals surface area (Å²) in [7, 11) is 0. The first-order valence-corrected chi connectivity index (χ1v) is 7.23. The van der Waals surface area contributed by atoms with Gasteiger partial charge in [0.1, 0.15) is 0 Å². The van der Waals surface area contributed by atoms with Gasteiger partial charge in [-0.1, -0.05) is 19.1 Å². The Morgan fingerprint density at radius 1 is 1.43 bits per heavy atom. The van der Waals surface area contributed by atoms with Crippen LogP contribution >= 0.6 is 0 Å². The molecule has 1 aliphatic heterocycles. The van der Waals surface area contributed by atoms with Crippen molar-refractivity contribution in [3.8, 4) is 0 Å². The van der Waals surface area contributed by atoms with E-state index in [0.717, 1.165) is 12.1 Å². The van der Waals surface area contributed by atoms with Crippen molar-refractivity contribution < 1.29 is 14.3 Å². The predicted octanol–water partition coefficient (Wildman–Crippen LogP) is 1.40. The van der Waals surface area contributed by atoms with Crippen LogP contribution in [-0.2, 0) is 9.53 Å². The van der Waals surface area contributed by atoms with Crippen molar-refractivity contribution >= 4 is 12.0 Å². The molecule has 0 aromatic rings. The van der Waals surface area contributed by atoms with E-state index < -0.39 is 0 Å². The molecule has 118 valence electrons. The summed E-state index contributed by atoms with van der Waals surface area (Å²) in [5, 5.41) is 5.42. The zero-order valence-corrected chi connectivity index (χ0v) is 13.3. The number of urea groups is 1. The van der Waals surface area contributed by atoms with Gasteiger partial charge >= 0.3 is 12.0 Å². The number of hydrogen-bond donors (Lipinski definition) is 2. The Morgan fingerprint density at radius 2 is 2.10 bits per heavy atom. The molecule has 1 unspecified atom stereocenters. The Kier molecular flexibility index (Phi) is 6.42. The van der Waals surface area contributed by atoms with Gasteiger partial charge in [-0.2, -0.15) is 0 Å². The van der Waals surface area contributed by atoms with E-state index in [1.807, 2.05) is 13.8 Å². The Hall–Kier alpha value is -1.82. The van der Waals surface area contributed by atoms with Gasteiger partial charge in [-0.15, -0.1) is 0 Å². The summed E-state index contributed by atoms with van der Waals surface area (Å²) < 4.78 is 5.09. The van der Waals surface area contributed by atoms with Crippen molar-refractivity contribution in [2.24, 2.45) is 0 Å². The average molecular weight is 295 g/mol. The summed E-state index contributed by atoms with van der Waals surface area (Å²) in [6.45, 7) is 13.7. The third-order valence-electron chi connectivity index (χ3n) is 3.19. The largest absolute Gasteiger partial charge is 0.463 e. The molecule has 2 amide bonds. The zero-order valence-electron chi connectivity index (χ0n) is 13.3. The van der Waals surface area contributed by atoms with Crippen LogP contribution in [0.4, 0.5) is 4.79 Å². The molecule has 0 fully saturated rings. The molecule has 0 saturated heterocycles. The third-order valence-corrected chi connectivity index (χ3v) is 3.19. The van der Waals surface area contributed by atoms with Crippen LogP contribution in [0.3, 0.4) is 0 Å². The molecule has 0 bridgehead atoms. The molecule has 1 aliphatic rings. The number of hydrogen-bond acceptors (Lipinski definition) is 4. The molecule has 0 aromatic heterocycles. The summed E-state index contributed by atoms with van der Waals surface area (Å²) in [6.07, 6.45) is 0. The van der Waals surface area contributed by atoms with Gasteiger partial charge in [-0.3, -0.25) is 4.90 Å². The first kappa shape index (κ1) is 17.2. The Bertz CT molecular complexity index is 457. The molecule has 0 aliphatic carbocycles. The van der Waals surface area contributed by atoms with Gasteiger partial charge in [-0.25, -0.2) is 9.59 Å². The summed E-state index contributed by atoms with van der Waals surface area (Å²) in [5.74, 6) is -0.390. The second kappa shape index (κ2) is 7.83. The van der Waals surface area contributed by atoms with Crippen molar-refractivity contribution in [3.05, 3.63) is 23.4 Å². The smallest absolute Gasteiger partial charge is 0.337 e. The summed E-state index contributed by atoms with van der Waals surface area (Å²) >= 11 is 0. The molecule has 1 atom stereocenters. The molecule has 0 aromatic carbocycles. The van der Waals surface area contributed by atoms with Crippen LogP contribution in [0.2, 0.25) is 0 Å². The predicted molar refractivity (Wildman–Crippen MR) is 81.7 cm³/mol. The van der Waals surface area contributed by atoms with Gasteiger partial charge in [0.25, 0.3) is 0 Å². The van der Waals surface area contributed by atoms with Crippen LogP contribution < -0.4 is 10.6 Å². The quantitative estimate of drug-likeness (QED) is 0.550. The minimum Gasteiger partial charge on any atom is -0.463 e. The second-order valence-electron chi connectivity index (χ2n) is 5.19. The Morgan fingerprint density at radius 3 is 2.62 bits per heavy atom. The van der Waals surface area contributed by atoms with E-state index in [-0.39, 0.29) is 18.0 Å². The highest BCUT2D eigenvalue weighted by Crippen LogP contribution is 2.15. The number of likely N-dealkylation sites (N-methyl/N-ethyl adjacent to an activating group) is 1. The first-order valence-electron chi connectivity index (χ1n) is 7.23. The number of carbonyl (C=O) groups excluding carboxylic acids is 2. The molecule has 0 spiro atoms. The maximum Gasteiger partial charge on any atom is 0.337 e. The molecule has 0 saturated carbocycles. The summed E-state index contributed by atoms with van der Waals surface area (Å²) in [4.78, 5) is 25.9. The van der Waals surface area contributed by atoms with Crippen LogP contribution in [0.25, 0.3) is 0 Å². The van der Waals surface area contributed by atoms with Crippen molar-refractivity contribution in [3.63, 3.8) is 0 Å². The molecule has 1 rings (SSSR count). The third kappa shape index (κ3) is 4.90. The van der Waals surface area contributed by atoms with Crippen LogP contribution in [-0.4, -0.2) is 49.2 Å². The number of amides is 2. The van der Waals surface area contributed by atoms with Gasteiger partial charge in [0, 0.05) is 18.8 Å². The normalized spacial score (nSPS) is 18.3. The van der Waals surface area contributed by atoms with Gasteiger partial charge in [0.05, 0.1) is 18.2 Å². The van der Waals surface area contributed by atoms with E-state index in [4.69, 9.17) is 4.74 Å². The lowest BCUT2D eigenvalue weighted by Gasteiger charge is -2.30. The number of nitrogens with zero attached hydrogens (tertiary/aromatic N) is 1. The van der Waals surface area contributed by atoms with Crippen LogP contribution in [0.1, 0.15) is 27.7 Å². The average Bonchev–Trinajstić information content (AvgIpc) is 2.36. The number of nitrogens with one attached hydrogen (secondary N) is 2. The standard InChI is InChI=1S/C15H25N3O3/c1-6-18(8-10(3)4)9-12-13(14(19)21-7-2)11(5)16-15(20)17-12/h11H,3,6-9H2,1-2,4-5H3,(H2,16,17,20). The summed E-state index contributed by atoms with van der Waals surface area (Å²) in [6, 6.07) is -0.659. The minimum atomic E-state index is -0.390. The monoisotopic (exact) mass is 295 g/mol. The van der Waals surface area contributed by atoms with E-state index in [1.54, 1.807) is 13.8 Å². The molecule has 1 heterocycles. The highest BCUT2D eigenvalue weighted by molar-refractivity contribution is 5.94. The molecule has 21 heavy (non-hydrogen) atoms. The van der Waals surface area contributed by atoms with Crippen molar-refractivity contribution in [1.82, 2.24) is 15.5 Å². The lowest BCUT2D eigenvalue weighted by atomic mass is 10.0. The van der Waals surface area contributed by atoms with Crippen LogP contribution in [0.5, 0.6) is 0 Å². The number of ether oxygens (including phenoxy) is 1. The molecule has 2 N–H and O–H groups in total. The van der Waals surface area contributed by atoms with Crippen molar-refractivity contribution in [1.29, 1.82) is 0 Å². The van der Waals surface area contributed by atoms with Crippen molar-refractivity contribution in [2.75, 3.05) is 26.2 Å². The molecule has 6 nitrogen and oxygen atoms in total. The SMILES string of the molecule is C=C(C)CN(CC)CC1=C(C(=O)OCC)C(C)NC(=O)N1. The van der Waals surface area contributed by atoms with Gasteiger partial charge in [0.2, 0.25) is 0 Å². The Balaban J connectivity index is 3.02. The number of rotatable bonds is 7. The molecule has 6 heteroatoms. The fraction of sp³-hybridized carbons (Fsp3) is 0.600. The molecular weight excluding hydrogens is 270 g/mol. The fourth-order valence-electron chi connectivity index (χ4n) is 2.29. The lowest BCUT2D eigenvalue weighted by Crippen LogP contribution is -2.51. The first-order chi connectivity index (χ1) is 9.88. The molecular formula is C15H25N3O3. The Labute approximate surface area is 126 Å². The molecule has 0 radical (unpaired) electrons. The van der Waals surface area contributed by atoms with E-state index in [9.17, 15) is 9.59 Å². The van der Waals surface area contributed by atoms with Crippen molar-refractivity contribution in [2.45, 2.75) is 33.7 Å². The van der Waals surface area contributed by atoms with E-state index in [0.29, 0.717) is 31.0 Å². The number of carbonyl (C=O) groups is 2. The zero-order chi connectivity index (χ0) is 16.0. The fourth-order valence-corrected chi connectivity index (χ4v) is 2.29. The van der Waals surface area contributed by atoms with E-state index in [2.05, 4.69) is 22.1 Å². The van der Waals surface area contributed by atoms with Gasteiger partial charge in [0.15, 0.2) is 0 Å². The topological polar surface area (TPSA) is 70.7 Å². The van der Waals surface area contributed by atoms with Crippen LogP contribution in [0, 0.1) is 0 Å². The number of esters is 1.